The normalized spacial score (nSPS) is 14.0. The van der Waals surface area contributed by atoms with E-state index in [1.807, 2.05) is 30.3 Å². The van der Waals surface area contributed by atoms with Crippen LogP contribution in [-0.4, -0.2) is 51.9 Å². The lowest BCUT2D eigenvalue weighted by atomic mass is 9.98. The van der Waals surface area contributed by atoms with E-state index in [0.29, 0.717) is 30.4 Å². The molecule has 3 aromatic heterocycles. The molecule has 1 N–H and O–H groups in total. The summed E-state index contributed by atoms with van der Waals surface area (Å²) in [6.45, 7) is 2.86. The maximum Gasteiger partial charge on any atom is 0.419 e. The van der Waals surface area contributed by atoms with E-state index in [1.165, 1.54) is 12.1 Å². The first-order valence-electron chi connectivity index (χ1n) is 14.7. The molecule has 1 fully saturated rings. The molecule has 3 aromatic carbocycles. The lowest BCUT2D eigenvalue weighted by Gasteiger charge is -2.37. The second-order valence-corrected chi connectivity index (χ2v) is 11.1. The molecule has 1 aliphatic heterocycles. The smallest absolute Gasteiger partial charge is 0.372 e. The van der Waals surface area contributed by atoms with Crippen molar-refractivity contribution in [2.24, 2.45) is 0 Å². The Bertz CT molecular complexity index is 2290. The number of rotatable bonds is 4. The van der Waals surface area contributed by atoms with Crippen molar-refractivity contribution in [3.8, 4) is 22.4 Å². The van der Waals surface area contributed by atoms with Crippen LogP contribution in [0.25, 0.3) is 55.1 Å². The first-order chi connectivity index (χ1) is 22.1. The predicted molar refractivity (Wildman–Crippen MR) is 169 cm³/mol. The summed E-state index contributed by atoms with van der Waals surface area (Å²) in [5.41, 5.74) is 0.838. The van der Waals surface area contributed by atoms with Crippen LogP contribution < -0.4 is 16.3 Å². The Morgan fingerprint density at radius 2 is 1.67 bits per heavy atom. The van der Waals surface area contributed by atoms with Crippen LogP contribution in [0.15, 0.2) is 86.9 Å². The number of aromatic amines is 1. The quantitative estimate of drug-likeness (QED) is 0.240. The fourth-order valence-electron chi connectivity index (χ4n) is 6.08. The van der Waals surface area contributed by atoms with E-state index in [0.717, 1.165) is 28.1 Å². The molecule has 9 nitrogen and oxygen atoms in total. The number of hydrogen-bond donors (Lipinski definition) is 1. The number of H-pyrrole nitrogens is 1. The van der Waals surface area contributed by atoms with Crippen LogP contribution in [0, 0.1) is 0 Å². The number of pyridine rings is 2. The summed E-state index contributed by atoms with van der Waals surface area (Å²) in [5, 5.41) is 1.20. The fraction of sp³-hybridized carbons (Fsp3) is 0.206. The third-order valence-electron chi connectivity index (χ3n) is 8.38. The summed E-state index contributed by atoms with van der Waals surface area (Å²) in [4.78, 5) is 52.6. The van der Waals surface area contributed by atoms with Crippen molar-refractivity contribution in [1.82, 2.24) is 19.9 Å². The molecular formula is C34H26F3N5O4. The highest BCUT2D eigenvalue weighted by molar-refractivity contribution is 6.09. The molecule has 0 bridgehead atoms. The van der Waals surface area contributed by atoms with Gasteiger partial charge in [-0.3, -0.25) is 14.8 Å². The van der Waals surface area contributed by atoms with E-state index in [9.17, 15) is 27.6 Å². The lowest BCUT2D eigenvalue weighted by Crippen LogP contribution is -2.49. The third kappa shape index (κ3) is 5.15. The summed E-state index contributed by atoms with van der Waals surface area (Å²) >= 11 is 0. The zero-order chi connectivity index (χ0) is 32.2. The standard InChI is InChI=1S/C34H26F3N5O4/c1-2-28(43)42-13-11-41(12-14-42)27-10-8-21(17-24(27)34(35,36)37)30-29-31(40-33(45)46-32(29)44)23-16-19(7-9-26(23)39-30)22-15-20-5-3-4-6-25(20)38-18-22/h3-10,15-18H,2,11-14H2,1H3,(H,40,45). The molecule has 0 unspecified atom stereocenters. The molecule has 4 heterocycles. The number of aromatic nitrogens is 3. The molecule has 0 saturated carbocycles. The number of anilines is 1. The summed E-state index contributed by atoms with van der Waals surface area (Å²) < 4.78 is 48.4. The molecule has 1 aliphatic rings. The van der Waals surface area contributed by atoms with Gasteiger partial charge < -0.3 is 14.2 Å². The van der Waals surface area contributed by atoms with Crippen LogP contribution >= 0.6 is 0 Å². The van der Waals surface area contributed by atoms with E-state index in [2.05, 4.69) is 15.0 Å². The number of para-hydroxylation sites is 1. The second-order valence-electron chi connectivity index (χ2n) is 11.1. The Kier molecular flexibility index (Phi) is 7.07. The monoisotopic (exact) mass is 625 g/mol. The minimum absolute atomic E-state index is 0.0287. The summed E-state index contributed by atoms with van der Waals surface area (Å²) in [6, 6.07) is 18.6. The van der Waals surface area contributed by atoms with Crippen molar-refractivity contribution in [3.63, 3.8) is 0 Å². The van der Waals surface area contributed by atoms with Gasteiger partial charge in [0, 0.05) is 66.4 Å². The Balaban J connectivity index is 1.36. The van der Waals surface area contributed by atoms with Gasteiger partial charge in [0.1, 0.15) is 5.39 Å². The number of amides is 1. The van der Waals surface area contributed by atoms with Crippen LogP contribution in [0.2, 0.25) is 0 Å². The van der Waals surface area contributed by atoms with Gasteiger partial charge in [-0.2, -0.15) is 13.2 Å². The summed E-state index contributed by atoms with van der Waals surface area (Å²) in [7, 11) is 0. The first-order valence-corrected chi connectivity index (χ1v) is 14.7. The first kappa shape index (κ1) is 29.2. The SMILES string of the molecule is CCC(=O)N1CCN(c2ccc(-c3nc4ccc(-c5cnc6ccccc6c5)cc4c4[nH]c(=O)oc(=O)c34)cc2C(F)(F)F)CC1. The zero-order valence-electron chi connectivity index (χ0n) is 24.5. The van der Waals surface area contributed by atoms with Gasteiger partial charge in [-0.05, 0) is 42.0 Å². The van der Waals surface area contributed by atoms with Crippen molar-refractivity contribution in [3.05, 3.63) is 99.5 Å². The zero-order valence-corrected chi connectivity index (χ0v) is 24.5. The number of piperazine rings is 1. The van der Waals surface area contributed by atoms with Crippen LogP contribution in [-0.2, 0) is 11.0 Å². The average molecular weight is 626 g/mol. The van der Waals surface area contributed by atoms with Gasteiger partial charge in [0.25, 0.3) is 0 Å². The number of halogens is 3. The van der Waals surface area contributed by atoms with Gasteiger partial charge in [-0.15, -0.1) is 0 Å². The van der Waals surface area contributed by atoms with Crippen LogP contribution in [0.1, 0.15) is 18.9 Å². The average Bonchev–Trinajstić information content (AvgIpc) is 3.06. The van der Waals surface area contributed by atoms with Gasteiger partial charge in [0.05, 0.1) is 27.8 Å². The number of carbonyl (C=O) groups is 1. The molecule has 232 valence electrons. The van der Waals surface area contributed by atoms with Gasteiger partial charge in [0.2, 0.25) is 5.91 Å². The third-order valence-corrected chi connectivity index (χ3v) is 8.38. The summed E-state index contributed by atoms with van der Waals surface area (Å²) in [5.74, 6) is -1.04. The van der Waals surface area contributed by atoms with E-state index in [-0.39, 0.29) is 46.8 Å². The van der Waals surface area contributed by atoms with Crippen LogP contribution in [0.3, 0.4) is 0 Å². The highest BCUT2D eigenvalue weighted by Gasteiger charge is 2.36. The maximum atomic E-state index is 14.5. The molecule has 0 radical (unpaired) electrons. The van der Waals surface area contributed by atoms with Crippen molar-refractivity contribution in [1.29, 1.82) is 0 Å². The van der Waals surface area contributed by atoms with Crippen LogP contribution in [0.5, 0.6) is 0 Å². The second kappa shape index (κ2) is 11.1. The topological polar surface area (TPSA) is 112 Å². The van der Waals surface area contributed by atoms with Crippen molar-refractivity contribution in [2.75, 3.05) is 31.1 Å². The largest absolute Gasteiger partial charge is 0.419 e. The maximum absolute atomic E-state index is 14.5. The van der Waals surface area contributed by atoms with Crippen molar-refractivity contribution >= 4 is 44.3 Å². The number of hydrogen-bond acceptors (Lipinski definition) is 7. The molecule has 7 rings (SSSR count). The molecule has 1 saturated heterocycles. The van der Waals surface area contributed by atoms with Crippen molar-refractivity contribution < 1.29 is 22.4 Å². The molecule has 0 aliphatic carbocycles. The Hall–Kier alpha value is -5.52. The highest BCUT2D eigenvalue weighted by atomic mass is 19.4. The Morgan fingerprint density at radius 3 is 2.43 bits per heavy atom. The van der Waals surface area contributed by atoms with E-state index in [4.69, 9.17) is 4.42 Å². The number of benzene rings is 3. The summed E-state index contributed by atoms with van der Waals surface area (Å²) in [6.07, 6.45) is -2.68. The minimum Gasteiger partial charge on any atom is -0.372 e. The van der Waals surface area contributed by atoms with E-state index in [1.54, 1.807) is 41.1 Å². The van der Waals surface area contributed by atoms with E-state index < -0.39 is 23.1 Å². The lowest BCUT2D eigenvalue weighted by molar-refractivity contribution is -0.137. The Morgan fingerprint density at radius 1 is 0.913 bits per heavy atom. The van der Waals surface area contributed by atoms with Gasteiger partial charge in [-0.25, -0.2) is 14.6 Å². The number of nitrogens with zero attached hydrogens (tertiary/aromatic N) is 4. The molecule has 1 amide bonds. The molecular weight excluding hydrogens is 599 g/mol. The number of nitrogens with one attached hydrogen (secondary N) is 1. The molecule has 46 heavy (non-hydrogen) atoms. The molecule has 0 atom stereocenters. The number of carbonyl (C=O) groups excluding carboxylic acids is 1. The Labute approximate surface area is 258 Å². The highest BCUT2D eigenvalue weighted by Crippen LogP contribution is 2.41. The molecule has 12 heteroatoms. The van der Waals surface area contributed by atoms with Gasteiger partial charge >= 0.3 is 17.6 Å². The van der Waals surface area contributed by atoms with E-state index >= 15 is 0 Å². The number of alkyl halides is 3. The molecule has 6 aromatic rings. The van der Waals surface area contributed by atoms with Gasteiger partial charge in [-0.1, -0.05) is 37.3 Å². The van der Waals surface area contributed by atoms with Crippen LogP contribution in [0.4, 0.5) is 18.9 Å². The number of fused-ring (bicyclic) bond motifs is 4. The van der Waals surface area contributed by atoms with Crippen molar-refractivity contribution in [2.45, 2.75) is 19.5 Å². The minimum atomic E-state index is -4.73. The fourth-order valence-corrected chi connectivity index (χ4v) is 6.08. The molecule has 0 spiro atoms. The predicted octanol–water partition coefficient (Wildman–Crippen LogP) is 5.99. The van der Waals surface area contributed by atoms with Gasteiger partial charge in [0.15, 0.2) is 0 Å².